The highest BCUT2D eigenvalue weighted by molar-refractivity contribution is 6.31. The standard InChI is InChI=1S/C16H15ClN2O4/c1-11(14-4-2-3-5-15(14)17)18-16(20)10-23-13-8-6-12(7-9-13)19(21)22/h2-9,11H,10H2,1H3,(H,18,20)/t11-/m1/s1. The van der Waals surface area contributed by atoms with Crippen LogP contribution in [-0.4, -0.2) is 17.4 Å². The van der Waals surface area contributed by atoms with Crippen LogP contribution in [0.15, 0.2) is 48.5 Å². The van der Waals surface area contributed by atoms with Crippen LogP contribution in [0.4, 0.5) is 5.69 Å². The van der Waals surface area contributed by atoms with Crippen molar-refractivity contribution in [3.05, 3.63) is 69.2 Å². The third kappa shape index (κ3) is 4.69. The number of hydrogen-bond acceptors (Lipinski definition) is 4. The van der Waals surface area contributed by atoms with Gasteiger partial charge in [0.1, 0.15) is 5.75 Å². The van der Waals surface area contributed by atoms with Gasteiger partial charge in [0.15, 0.2) is 6.61 Å². The van der Waals surface area contributed by atoms with Gasteiger partial charge in [-0.15, -0.1) is 0 Å². The van der Waals surface area contributed by atoms with E-state index in [4.69, 9.17) is 16.3 Å². The zero-order valence-corrected chi connectivity index (χ0v) is 13.1. The van der Waals surface area contributed by atoms with Crippen LogP contribution in [0, 0.1) is 10.1 Å². The van der Waals surface area contributed by atoms with Gasteiger partial charge in [-0.25, -0.2) is 0 Å². The number of halogens is 1. The number of benzene rings is 2. The lowest BCUT2D eigenvalue weighted by atomic mass is 10.1. The Kier molecular flexibility index (Phi) is 5.54. The quantitative estimate of drug-likeness (QED) is 0.647. The third-order valence-electron chi connectivity index (χ3n) is 3.17. The Labute approximate surface area is 138 Å². The number of nitrogens with zero attached hydrogens (tertiary/aromatic N) is 1. The molecule has 7 heteroatoms. The SMILES string of the molecule is C[C@@H](NC(=O)COc1ccc([N+](=O)[O-])cc1)c1ccccc1Cl. The molecule has 0 fully saturated rings. The molecule has 2 aromatic rings. The third-order valence-corrected chi connectivity index (χ3v) is 3.51. The summed E-state index contributed by atoms with van der Waals surface area (Å²) >= 11 is 6.08. The van der Waals surface area contributed by atoms with Crippen molar-refractivity contribution in [3.8, 4) is 5.75 Å². The Morgan fingerprint density at radius 2 is 1.91 bits per heavy atom. The molecule has 120 valence electrons. The predicted molar refractivity (Wildman–Crippen MR) is 86.6 cm³/mol. The van der Waals surface area contributed by atoms with Crippen molar-refractivity contribution in [1.29, 1.82) is 0 Å². The first kappa shape index (κ1) is 16.8. The van der Waals surface area contributed by atoms with Gasteiger partial charge in [-0.05, 0) is 30.7 Å². The fourth-order valence-corrected chi connectivity index (χ4v) is 2.30. The van der Waals surface area contributed by atoms with Crippen LogP contribution in [0.1, 0.15) is 18.5 Å². The molecule has 0 heterocycles. The van der Waals surface area contributed by atoms with Crippen LogP contribution in [0.3, 0.4) is 0 Å². The first-order valence-electron chi connectivity index (χ1n) is 6.88. The average Bonchev–Trinajstić information content (AvgIpc) is 2.53. The fourth-order valence-electron chi connectivity index (χ4n) is 2.00. The number of amides is 1. The number of nitro benzene ring substituents is 1. The van der Waals surface area contributed by atoms with E-state index in [1.807, 2.05) is 25.1 Å². The van der Waals surface area contributed by atoms with Crippen molar-refractivity contribution in [3.63, 3.8) is 0 Å². The smallest absolute Gasteiger partial charge is 0.269 e. The Hall–Kier alpha value is -2.60. The van der Waals surface area contributed by atoms with E-state index in [0.717, 1.165) is 5.56 Å². The molecule has 23 heavy (non-hydrogen) atoms. The van der Waals surface area contributed by atoms with E-state index >= 15 is 0 Å². The Balaban J connectivity index is 1.87. The molecule has 0 aliphatic heterocycles. The first-order valence-corrected chi connectivity index (χ1v) is 7.26. The van der Waals surface area contributed by atoms with Crippen LogP contribution < -0.4 is 10.1 Å². The largest absolute Gasteiger partial charge is 0.484 e. The minimum absolute atomic E-state index is 0.0332. The molecule has 0 saturated heterocycles. The van der Waals surface area contributed by atoms with Gasteiger partial charge in [0.2, 0.25) is 0 Å². The molecule has 1 atom stereocenters. The normalized spacial score (nSPS) is 11.6. The van der Waals surface area contributed by atoms with Crippen molar-refractivity contribution in [2.45, 2.75) is 13.0 Å². The maximum Gasteiger partial charge on any atom is 0.269 e. The Bertz CT molecular complexity index is 703. The van der Waals surface area contributed by atoms with E-state index in [0.29, 0.717) is 10.8 Å². The molecule has 0 saturated carbocycles. The second-order valence-corrected chi connectivity index (χ2v) is 5.26. The second-order valence-electron chi connectivity index (χ2n) is 4.85. The molecule has 6 nitrogen and oxygen atoms in total. The molecule has 0 aliphatic carbocycles. The van der Waals surface area contributed by atoms with Crippen molar-refractivity contribution >= 4 is 23.2 Å². The van der Waals surface area contributed by atoms with Gasteiger partial charge in [-0.3, -0.25) is 14.9 Å². The van der Waals surface area contributed by atoms with Crippen LogP contribution in [-0.2, 0) is 4.79 Å². The Morgan fingerprint density at radius 3 is 2.52 bits per heavy atom. The number of nitrogens with one attached hydrogen (secondary N) is 1. The fraction of sp³-hybridized carbons (Fsp3) is 0.188. The van der Waals surface area contributed by atoms with E-state index in [-0.39, 0.29) is 24.2 Å². The number of carbonyl (C=O) groups is 1. The van der Waals surface area contributed by atoms with Gasteiger partial charge in [-0.1, -0.05) is 29.8 Å². The first-order chi connectivity index (χ1) is 11.0. The number of non-ortho nitro benzene ring substituents is 1. The van der Waals surface area contributed by atoms with E-state index in [9.17, 15) is 14.9 Å². The molecule has 1 N–H and O–H groups in total. The summed E-state index contributed by atoms with van der Waals surface area (Å²) in [5, 5.41) is 13.9. The number of carbonyl (C=O) groups excluding carboxylic acids is 1. The zero-order chi connectivity index (χ0) is 16.8. The molecule has 2 aromatic carbocycles. The second kappa shape index (κ2) is 7.60. The number of rotatable bonds is 6. The molecule has 2 rings (SSSR count). The zero-order valence-electron chi connectivity index (χ0n) is 12.4. The lowest BCUT2D eigenvalue weighted by Crippen LogP contribution is -2.31. The summed E-state index contributed by atoms with van der Waals surface area (Å²) in [6, 6.07) is 12.5. The highest BCUT2D eigenvalue weighted by Crippen LogP contribution is 2.22. The van der Waals surface area contributed by atoms with Gasteiger partial charge in [0.05, 0.1) is 11.0 Å². The van der Waals surface area contributed by atoms with Crippen molar-refractivity contribution in [1.82, 2.24) is 5.32 Å². The van der Waals surface area contributed by atoms with Gasteiger partial charge in [0, 0.05) is 17.2 Å². The summed E-state index contributed by atoms with van der Waals surface area (Å²) in [4.78, 5) is 22.0. The minimum Gasteiger partial charge on any atom is -0.484 e. The van der Waals surface area contributed by atoms with Crippen LogP contribution in [0.2, 0.25) is 5.02 Å². The summed E-state index contributed by atoms with van der Waals surface area (Å²) in [7, 11) is 0. The minimum atomic E-state index is -0.498. The summed E-state index contributed by atoms with van der Waals surface area (Å²) in [5.41, 5.74) is 0.784. The molecule has 1 amide bonds. The maximum absolute atomic E-state index is 11.9. The topological polar surface area (TPSA) is 81.5 Å². The van der Waals surface area contributed by atoms with Gasteiger partial charge in [0.25, 0.3) is 11.6 Å². The van der Waals surface area contributed by atoms with Crippen molar-refractivity contribution in [2.75, 3.05) is 6.61 Å². The summed E-state index contributed by atoms with van der Waals surface area (Å²) in [6.07, 6.45) is 0. The molecular formula is C16H15ClN2O4. The Morgan fingerprint density at radius 1 is 1.26 bits per heavy atom. The molecule has 0 aromatic heterocycles. The van der Waals surface area contributed by atoms with Crippen LogP contribution in [0.25, 0.3) is 0 Å². The van der Waals surface area contributed by atoms with Crippen LogP contribution in [0.5, 0.6) is 5.75 Å². The lowest BCUT2D eigenvalue weighted by Gasteiger charge is -2.16. The summed E-state index contributed by atoms with van der Waals surface area (Å²) in [5.74, 6) is 0.0759. The highest BCUT2D eigenvalue weighted by atomic mass is 35.5. The number of ether oxygens (including phenoxy) is 1. The maximum atomic E-state index is 11.9. The molecule has 0 unspecified atom stereocenters. The highest BCUT2D eigenvalue weighted by Gasteiger charge is 2.13. The number of hydrogen-bond donors (Lipinski definition) is 1. The predicted octanol–water partition coefficient (Wildman–Crippen LogP) is 3.50. The monoisotopic (exact) mass is 334 g/mol. The van der Waals surface area contributed by atoms with E-state index in [1.165, 1.54) is 24.3 Å². The van der Waals surface area contributed by atoms with Gasteiger partial charge < -0.3 is 10.1 Å². The number of nitro groups is 1. The molecular weight excluding hydrogens is 320 g/mol. The lowest BCUT2D eigenvalue weighted by molar-refractivity contribution is -0.384. The summed E-state index contributed by atoms with van der Waals surface area (Å²) < 4.78 is 5.30. The van der Waals surface area contributed by atoms with E-state index in [2.05, 4.69) is 5.32 Å². The van der Waals surface area contributed by atoms with Gasteiger partial charge >= 0.3 is 0 Å². The van der Waals surface area contributed by atoms with Gasteiger partial charge in [-0.2, -0.15) is 0 Å². The summed E-state index contributed by atoms with van der Waals surface area (Å²) in [6.45, 7) is 1.64. The average molecular weight is 335 g/mol. The van der Waals surface area contributed by atoms with Crippen molar-refractivity contribution in [2.24, 2.45) is 0 Å². The molecule has 0 spiro atoms. The molecule has 0 aliphatic rings. The van der Waals surface area contributed by atoms with E-state index < -0.39 is 4.92 Å². The van der Waals surface area contributed by atoms with Crippen LogP contribution >= 0.6 is 11.6 Å². The van der Waals surface area contributed by atoms with Crippen molar-refractivity contribution < 1.29 is 14.5 Å². The molecule has 0 bridgehead atoms. The van der Waals surface area contributed by atoms with E-state index in [1.54, 1.807) is 6.07 Å². The molecule has 0 radical (unpaired) electrons.